The second kappa shape index (κ2) is 7.12. The molecule has 24 heavy (non-hydrogen) atoms. The van der Waals surface area contributed by atoms with E-state index in [0.717, 1.165) is 5.56 Å². The number of halogens is 2. The van der Waals surface area contributed by atoms with Crippen molar-refractivity contribution in [2.75, 3.05) is 0 Å². The Morgan fingerprint density at radius 2 is 1.83 bits per heavy atom. The van der Waals surface area contributed by atoms with Gasteiger partial charge in [0, 0.05) is 5.56 Å². The molecule has 3 nitrogen and oxygen atoms in total. The Morgan fingerprint density at radius 1 is 1.04 bits per heavy atom. The lowest BCUT2D eigenvalue weighted by molar-refractivity contribution is 0.0445. The van der Waals surface area contributed by atoms with Crippen molar-refractivity contribution in [1.82, 2.24) is 0 Å². The Bertz CT molecular complexity index is 884. The van der Waals surface area contributed by atoms with E-state index in [1.165, 1.54) is 0 Å². The summed E-state index contributed by atoms with van der Waals surface area (Å²) in [5.74, 6) is 0.722. The fraction of sp³-hybridized carbons (Fsp3) is 0.105. The maximum atomic E-state index is 12.1. The minimum atomic E-state index is -0.383. The van der Waals surface area contributed by atoms with Gasteiger partial charge in [0.15, 0.2) is 0 Å². The van der Waals surface area contributed by atoms with Gasteiger partial charge in [-0.2, -0.15) is 0 Å². The largest absolute Gasteiger partial charge is 0.457 e. The van der Waals surface area contributed by atoms with Crippen LogP contribution in [-0.2, 0) is 11.3 Å². The van der Waals surface area contributed by atoms with E-state index < -0.39 is 0 Å². The van der Waals surface area contributed by atoms with Crippen LogP contribution in [0.2, 0.25) is 10.0 Å². The topological polar surface area (TPSA) is 39.4 Å². The van der Waals surface area contributed by atoms with Gasteiger partial charge in [-0.05, 0) is 42.8 Å². The van der Waals surface area contributed by atoms with Crippen molar-refractivity contribution in [3.8, 4) is 11.3 Å². The number of hydrogen-bond donors (Lipinski definition) is 0. The van der Waals surface area contributed by atoms with Crippen molar-refractivity contribution in [2.24, 2.45) is 0 Å². The van der Waals surface area contributed by atoms with E-state index in [1.807, 2.05) is 25.1 Å². The summed E-state index contributed by atoms with van der Waals surface area (Å²) in [6.45, 7) is 1.91. The average molecular weight is 361 g/mol. The van der Waals surface area contributed by atoms with Gasteiger partial charge in [-0.25, -0.2) is 4.79 Å². The van der Waals surface area contributed by atoms with Gasteiger partial charge in [0.1, 0.15) is 18.1 Å². The summed E-state index contributed by atoms with van der Waals surface area (Å²) in [7, 11) is 0. The predicted molar refractivity (Wildman–Crippen MR) is 94.5 cm³/mol. The molecule has 0 N–H and O–H groups in total. The molecule has 0 spiro atoms. The van der Waals surface area contributed by atoms with E-state index in [0.29, 0.717) is 32.7 Å². The van der Waals surface area contributed by atoms with Crippen LogP contribution < -0.4 is 0 Å². The minimum absolute atomic E-state index is 0.0470. The van der Waals surface area contributed by atoms with Crippen LogP contribution in [0, 0.1) is 6.92 Å². The molecule has 3 rings (SSSR count). The van der Waals surface area contributed by atoms with Gasteiger partial charge in [-0.1, -0.05) is 47.5 Å². The Morgan fingerprint density at radius 3 is 2.62 bits per heavy atom. The highest BCUT2D eigenvalue weighted by atomic mass is 35.5. The van der Waals surface area contributed by atoms with Crippen LogP contribution in [0.25, 0.3) is 11.3 Å². The Kier molecular flexibility index (Phi) is 4.93. The Labute approximate surface area is 149 Å². The molecule has 0 bridgehead atoms. The number of ether oxygens (including phenoxy) is 1. The molecule has 2 aromatic carbocycles. The van der Waals surface area contributed by atoms with Crippen LogP contribution in [0.3, 0.4) is 0 Å². The molecule has 1 heterocycles. The van der Waals surface area contributed by atoms with Crippen LogP contribution in [0.15, 0.2) is 59.0 Å². The van der Waals surface area contributed by atoms with Crippen molar-refractivity contribution in [3.05, 3.63) is 81.5 Å². The van der Waals surface area contributed by atoms with Gasteiger partial charge in [0.05, 0.1) is 15.6 Å². The molecule has 0 aliphatic carbocycles. The molecule has 0 aliphatic heterocycles. The molecule has 0 saturated heterocycles. The van der Waals surface area contributed by atoms with Crippen LogP contribution in [0.5, 0.6) is 0 Å². The molecule has 5 heteroatoms. The summed E-state index contributed by atoms with van der Waals surface area (Å²) in [5, 5.41) is 0.884. The van der Waals surface area contributed by atoms with E-state index in [9.17, 15) is 4.79 Å². The standard InChI is InChI=1S/C19H14Cl2O3/c1-12-5-2-3-6-14(12)19(22)23-11-13-9-10-17(24-13)15-7-4-8-16(20)18(15)21/h2-10H,11H2,1H3. The lowest BCUT2D eigenvalue weighted by Gasteiger charge is -2.06. The molecular weight excluding hydrogens is 347 g/mol. The third-order valence-electron chi connectivity index (χ3n) is 3.59. The van der Waals surface area contributed by atoms with Crippen LogP contribution in [-0.4, -0.2) is 5.97 Å². The third kappa shape index (κ3) is 3.48. The fourth-order valence-electron chi connectivity index (χ4n) is 2.31. The number of furan rings is 1. The van der Waals surface area contributed by atoms with Gasteiger partial charge in [0.25, 0.3) is 0 Å². The smallest absolute Gasteiger partial charge is 0.338 e. The van der Waals surface area contributed by atoms with Crippen LogP contribution in [0.4, 0.5) is 0 Å². The number of benzene rings is 2. The molecule has 0 unspecified atom stereocenters. The first-order chi connectivity index (χ1) is 11.6. The quantitative estimate of drug-likeness (QED) is 0.542. The van der Waals surface area contributed by atoms with Gasteiger partial charge in [-0.15, -0.1) is 0 Å². The maximum absolute atomic E-state index is 12.1. The molecular formula is C19H14Cl2O3. The van der Waals surface area contributed by atoms with Crippen molar-refractivity contribution >= 4 is 29.2 Å². The van der Waals surface area contributed by atoms with E-state index in [4.69, 9.17) is 32.4 Å². The van der Waals surface area contributed by atoms with Crippen molar-refractivity contribution in [2.45, 2.75) is 13.5 Å². The lowest BCUT2D eigenvalue weighted by Crippen LogP contribution is -2.06. The highest BCUT2D eigenvalue weighted by Crippen LogP contribution is 2.34. The van der Waals surface area contributed by atoms with Gasteiger partial charge in [-0.3, -0.25) is 0 Å². The maximum Gasteiger partial charge on any atom is 0.338 e. The van der Waals surface area contributed by atoms with Crippen LogP contribution >= 0.6 is 23.2 Å². The molecule has 0 fully saturated rings. The molecule has 3 aromatic rings. The number of carbonyl (C=O) groups excluding carboxylic acids is 1. The number of aryl methyl sites for hydroxylation is 1. The first-order valence-electron chi connectivity index (χ1n) is 7.32. The van der Waals surface area contributed by atoms with Gasteiger partial charge < -0.3 is 9.15 Å². The fourth-order valence-corrected chi connectivity index (χ4v) is 2.70. The summed E-state index contributed by atoms with van der Waals surface area (Å²) in [6, 6.07) is 16.1. The molecule has 0 saturated carbocycles. The molecule has 0 amide bonds. The van der Waals surface area contributed by atoms with Gasteiger partial charge in [0.2, 0.25) is 0 Å². The van der Waals surface area contributed by atoms with E-state index >= 15 is 0 Å². The van der Waals surface area contributed by atoms with Crippen molar-refractivity contribution in [3.63, 3.8) is 0 Å². The summed E-state index contributed by atoms with van der Waals surface area (Å²) >= 11 is 12.2. The predicted octanol–water partition coefficient (Wildman–Crippen LogP) is 5.92. The normalized spacial score (nSPS) is 10.6. The number of esters is 1. The highest BCUT2D eigenvalue weighted by Gasteiger charge is 2.13. The van der Waals surface area contributed by atoms with E-state index in [2.05, 4.69) is 0 Å². The minimum Gasteiger partial charge on any atom is -0.457 e. The summed E-state index contributed by atoms with van der Waals surface area (Å²) < 4.78 is 11.0. The lowest BCUT2D eigenvalue weighted by atomic mass is 10.1. The first kappa shape index (κ1) is 16.6. The zero-order valence-corrected chi connectivity index (χ0v) is 14.4. The molecule has 0 aliphatic rings. The summed E-state index contributed by atoms with van der Waals surface area (Å²) in [6.07, 6.45) is 0. The summed E-state index contributed by atoms with van der Waals surface area (Å²) in [4.78, 5) is 12.1. The molecule has 122 valence electrons. The Balaban J connectivity index is 1.72. The van der Waals surface area contributed by atoms with Gasteiger partial charge >= 0.3 is 5.97 Å². The molecule has 0 atom stereocenters. The second-order valence-electron chi connectivity index (χ2n) is 5.26. The zero-order chi connectivity index (χ0) is 17.1. The first-order valence-corrected chi connectivity index (χ1v) is 8.07. The highest BCUT2D eigenvalue weighted by molar-refractivity contribution is 6.43. The molecule has 1 aromatic heterocycles. The monoisotopic (exact) mass is 360 g/mol. The second-order valence-corrected chi connectivity index (χ2v) is 6.04. The van der Waals surface area contributed by atoms with E-state index in [-0.39, 0.29) is 12.6 Å². The zero-order valence-electron chi connectivity index (χ0n) is 12.9. The van der Waals surface area contributed by atoms with Crippen molar-refractivity contribution < 1.29 is 13.9 Å². The third-order valence-corrected chi connectivity index (χ3v) is 4.41. The number of rotatable bonds is 4. The van der Waals surface area contributed by atoms with E-state index in [1.54, 1.807) is 36.4 Å². The number of carbonyl (C=O) groups is 1. The molecule has 0 radical (unpaired) electrons. The summed E-state index contributed by atoms with van der Waals surface area (Å²) in [5.41, 5.74) is 2.11. The number of hydrogen-bond acceptors (Lipinski definition) is 3. The SMILES string of the molecule is Cc1ccccc1C(=O)OCc1ccc(-c2cccc(Cl)c2Cl)o1. The van der Waals surface area contributed by atoms with Crippen LogP contribution in [0.1, 0.15) is 21.7 Å². The van der Waals surface area contributed by atoms with Crippen molar-refractivity contribution in [1.29, 1.82) is 0 Å². The average Bonchev–Trinajstić information content (AvgIpc) is 3.04. The Hall–Kier alpha value is -2.23.